The Morgan fingerprint density at radius 1 is 1.37 bits per heavy atom. The van der Waals surface area contributed by atoms with Gasteiger partial charge in [-0.3, -0.25) is 0 Å². The lowest BCUT2D eigenvalue weighted by atomic mass is 10.2. The van der Waals surface area contributed by atoms with Crippen LogP contribution in [0.5, 0.6) is 5.75 Å². The molecule has 7 heteroatoms. The van der Waals surface area contributed by atoms with Crippen molar-refractivity contribution in [1.82, 2.24) is 0 Å². The summed E-state index contributed by atoms with van der Waals surface area (Å²) < 4.78 is 31.9. The Bertz CT molecular complexity index is 485. The fraction of sp³-hybridized carbons (Fsp3) is 0.333. The molecule has 0 heterocycles. The zero-order chi connectivity index (χ0) is 14.3. The van der Waals surface area contributed by atoms with Crippen molar-refractivity contribution in [3.8, 4) is 5.75 Å². The molecule has 19 heavy (non-hydrogen) atoms. The maximum Gasteiger partial charge on any atom is 0.211 e. The minimum absolute atomic E-state index is 0.153. The fourth-order valence-electron chi connectivity index (χ4n) is 1.25. The molecule has 1 aromatic carbocycles. The van der Waals surface area contributed by atoms with E-state index in [1.165, 1.54) is 12.3 Å². The number of halogens is 2. The van der Waals surface area contributed by atoms with Crippen LogP contribution in [0, 0.1) is 11.6 Å². The van der Waals surface area contributed by atoms with E-state index in [1.54, 1.807) is 0 Å². The van der Waals surface area contributed by atoms with Gasteiger partial charge < -0.3 is 16.2 Å². The normalized spacial score (nSPS) is 10.7. The van der Waals surface area contributed by atoms with E-state index in [4.69, 9.17) is 16.2 Å². The average molecular weight is 270 g/mol. The number of nitrogens with zero attached hydrogens (tertiary/aromatic N) is 2. The summed E-state index contributed by atoms with van der Waals surface area (Å²) in [6.45, 7) is 2.29. The molecule has 1 rings (SSSR count). The van der Waals surface area contributed by atoms with Gasteiger partial charge in [-0.2, -0.15) is 9.49 Å². The van der Waals surface area contributed by atoms with Crippen molar-refractivity contribution < 1.29 is 13.5 Å². The van der Waals surface area contributed by atoms with Crippen LogP contribution in [0.1, 0.15) is 25.3 Å². The summed E-state index contributed by atoms with van der Waals surface area (Å²) in [5.41, 5.74) is 10.5. The lowest BCUT2D eigenvalue weighted by Crippen LogP contribution is -2.21. The number of rotatable bonds is 6. The molecule has 0 aromatic heterocycles. The van der Waals surface area contributed by atoms with Gasteiger partial charge in [0.05, 0.1) is 12.8 Å². The van der Waals surface area contributed by atoms with Crippen molar-refractivity contribution in [3.05, 3.63) is 29.3 Å². The van der Waals surface area contributed by atoms with Crippen LogP contribution in [-0.2, 0) is 0 Å². The Labute approximate surface area is 110 Å². The molecule has 0 saturated carbocycles. The molecule has 0 aliphatic heterocycles. The molecule has 0 unspecified atom stereocenters. The molecule has 4 N–H and O–H groups in total. The summed E-state index contributed by atoms with van der Waals surface area (Å²) in [5.74, 6) is -2.41. The molecule has 0 atom stereocenters. The topological polar surface area (TPSA) is 86.0 Å². The second kappa shape index (κ2) is 7.30. The molecule has 1 aromatic rings. The summed E-state index contributed by atoms with van der Waals surface area (Å²) in [4.78, 5) is 0. The quantitative estimate of drug-likeness (QED) is 0.357. The number of benzene rings is 1. The number of unbranched alkanes of at least 4 members (excludes halogenated alkanes) is 1. The molecule has 0 saturated heterocycles. The predicted octanol–water partition coefficient (Wildman–Crippen LogP) is 1.75. The monoisotopic (exact) mass is 270 g/mol. The summed E-state index contributed by atoms with van der Waals surface area (Å²) in [6, 6.07) is 2.31. The van der Waals surface area contributed by atoms with Gasteiger partial charge in [0.15, 0.2) is 11.6 Å². The third-order valence-corrected chi connectivity index (χ3v) is 2.15. The highest BCUT2D eigenvalue weighted by Gasteiger charge is 2.11. The van der Waals surface area contributed by atoms with Crippen LogP contribution in [-0.4, -0.2) is 18.8 Å². The van der Waals surface area contributed by atoms with E-state index in [1.807, 2.05) is 6.92 Å². The molecular formula is C12H16F2N4O. The Balaban J connectivity index is 2.89. The molecule has 0 amide bonds. The molecule has 5 nitrogen and oxygen atoms in total. The molecule has 0 radical (unpaired) electrons. The average Bonchev–Trinajstić information content (AvgIpc) is 2.34. The maximum absolute atomic E-state index is 13.4. The zero-order valence-corrected chi connectivity index (χ0v) is 10.6. The van der Waals surface area contributed by atoms with Crippen LogP contribution in [0.3, 0.4) is 0 Å². The number of hydrogen-bond donors (Lipinski definition) is 2. The van der Waals surface area contributed by atoms with Gasteiger partial charge in [0.25, 0.3) is 0 Å². The van der Waals surface area contributed by atoms with Gasteiger partial charge in [0.2, 0.25) is 11.8 Å². The molecule has 0 spiro atoms. The smallest absolute Gasteiger partial charge is 0.211 e. The van der Waals surface area contributed by atoms with Gasteiger partial charge in [-0.05, 0) is 18.6 Å². The minimum Gasteiger partial charge on any atom is -0.490 e. The van der Waals surface area contributed by atoms with Crippen LogP contribution in [0.25, 0.3) is 0 Å². The van der Waals surface area contributed by atoms with E-state index < -0.39 is 11.6 Å². The van der Waals surface area contributed by atoms with Crippen molar-refractivity contribution in [2.75, 3.05) is 6.61 Å². The second-order valence-electron chi connectivity index (χ2n) is 3.79. The molecule has 0 aliphatic rings. The van der Waals surface area contributed by atoms with Crippen molar-refractivity contribution in [1.29, 1.82) is 0 Å². The highest BCUT2D eigenvalue weighted by molar-refractivity contribution is 5.82. The third-order valence-electron chi connectivity index (χ3n) is 2.15. The van der Waals surface area contributed by atoms with Crippen molar-refractivity contribution >= 4 is 12.2 Å². The van der Waals surface area contributed by atoms with Gasteiger partial charge >= 0.3 is 0 Å². The first-order chi connectivity index (χ1) is 9.04. The van der Waals surface area contributed by atoms with Crippen LogP contribution in [0.15, 0.2) is 22.3 Å². The highest BCUT2D eigenvalue weighted by atomic mass is 19.2. The maximum atomic E-state index is 13.4. The van der Waals surface area contributed by atoms with E-state index in [2.05, 4.69) is 10.2 Å². The Hall–Kier alpha value is -2.18. The zero-order valence-electron chi connectivity index (χ0n) is 10.6. The van der Waals surface area contributed by atoms with Gasteiger partial charge in [-0.15, -0.1) is 5.10 Å². The van der Waals surface area contributed by atoms with Crippen LogP contribution >= 0.6 is 0 Å². The first-order valence-electron chi connectivity index (χ1n) is 5.78. The molecule has 104 valence electrons. The first-order valence-corrected chi connectivity index (χ1v) is 5.78. The Kier molecular flexibility index (Phi) is 5.72. The summed E-state index contributed by atoms with van der Waals surface area (Å²) in [7, 11) is 0. The molecule has 0 bridgehead atoms. The van der Waals surface area contributed by atoms with E-state index in [9.17, 15) is 8.78 Å². The van der Waals surface area contributed by atoms with E-state index >= 15 is 0 Å². The lowest BCUT2D eigenvalue weighted by Gasteiger charge is -2.07. The van der Waals surface area contributed by atoms with Crippen molar-refractivity contribution in [2.24, 2.45) is 21.7 Å². The number of hydrogen-bond acceptors (Lipinski definition) is 3. The van der Waals surface area contributed by atoms with Crippen molar-refractivity contribution in [3.63, 3.8) is 0 Å². The van der Waals surface area contributed by atoms with Crippen LogP contribution < -0.4 is 16.2 Å². The lowest BCUT2D eigenvalue weighted by molar-refractivity contribution is 0.288. The Morgan fingerprint density at radius 3 is 2.74 bits per heavy atom. The summed E-state index contributed by atoms with van der Waals surface area (Å²) >= 11 is 0. The summed E-state index contributed by atoms with van der Waals surface area (Å²) in [6.07, 6.45) is 2.86. The number of guanidine groups is 1. The molecule has 0 fully saturated rings. The van der Waals surface area contributed by atoms with Gasteiger partial charge in [-0.1, -0.05) is 13.3 Å². The largest absolute Gasteiger partial charge is 0.490 e. The standard InChI is InChI=1S/C12H16F2N4O/c1-2-3-4-19-10-6-8(5-9(13)11(10)14)7-17-18-12(15)16/h5-7H,2-4H2,1H3,(H4,15,16,18). The number of nitrogens with two attached hydrogens (primary N) is 2. The summed E-state index contributed by atoms with van der Waals surface area (Å²) in [5, 5.41) is 6.88. The first kappa shape index (κ1) is 14.9. The van der Waals surface area contributed by atoms with Gasteiger partial charge in [0.1, 0.15) is 0 Å². The van der Waals surface area contributed by atoms with Crippen LogP contribution in [0.2, 0.25) is 0 Å². The third kappa shape index (κ3) is 4.90. The van der Waals surface area contributed by atoms with Crippen molar-refractivity contribution in [2.45, 2.75) is 19.8 Å². The molecular weight excluding hydrogens is 254 g/mol. The SMILES string of the molecule is CCCCOc1cc(C=NN=C(N)N)cc(F)c1F. The number of ether oxygens (including phenoxy) is 1. The van der Waals surface area contributed by atoms with E-state index in [-0.39, 0.29) is 11.7 Å². The second-order valence-corrected chi connectivity index (χ2v) is 3.79. The van der Waals surface area contributed by atoms with Gasteiger partial charge in [-0.25, -0.2) is 4.39 Å². The fourth-order valence-corrected chi connectivity index (χ4v) is 1.25. The predicted molar refractivity (Wildman–Crippen MR) is 70.2 cm³/mol. The van der Waals surface area contributed by atoms with Gasteiger partial charge in [0, 0.05) is 5.56 Å². The Morgan fingerprint density at radius 2 is 2.11 bits per heavy atom. The highest BCUT2D eigenvalue weighted by Crippen LogP contribution is 2.21. The van der Waals surface area contributed by atoms with Crippen LogP contribution in [0.4, 0.5) is 8.78 Å². The minimum atomic E-state index is -1.02. The van der Waals surface area contributed by atoms with E-state index in [0.717, 1.165) is 18.9 Å². The molecule has 0 aliphatic carbocycles. The van der Waals surface area contributed by atoms with E-state index in [0.29, 0.717) is 12.2 Å².